The molecule has 5 rings (SSSR count). The summed E-state index contributed by atoms with van der Waals surface area (Å²) in [5.41, 5.74) is 4.74. The predicted molar refractivity (Wildman–Crippen MR) is 140 cm³/mol. The van der Waals surface area contributed by atoms with Crippen molar-refractivity contribution in [3.63, 3.8) is 0 Å². The van der Waals surface area contributed by atoms with Crippen LogP contribution in [0.15, 0.2) is 35.4 Å². The van der Waals surface area contributed by atoms with Crippen molar-refractivity contribution >= 4 is 11.9 Å². The molecule has 37 heavy (non-hydrogen) atoms. The summed E-state index contributed by atoms with van der Waals surface area (Å²) >= 11 is 0. The molecule has 0 aromatic heterocycles. The van der Waals surface area contributed by atoms with E-state index in [4.69, 9.17) is 14.6 Å². The first-order valence-electron chi connectivity index (χ1n) is 13.4. The molecule has 0 amide bonds. The van der Waals surface area contributed by atoms with Gasteiger partial charge in [-0.25, -0.2) is 9.59 Å². The molecule has 2 N–H and O–H groups in total. The van der Waals surface area contributed by atoms with Gasteiger partial charge in [0.05, 0.1) is 12.2 Å². The first-order valence-corrected chi connectivity index (χ1v) is 13.4. The number of allylic oxidation sites excluding steroid dienone is 1. The standard InChI is InChI=1S/C31H40O6/c1-16-13-31(19(4)17(2)27(35)37-31)36-23-15-29(7)21-10-9-20(28(5,6)12-11-24(33)34)18(3)25(21)22(32)14-30(29,8)26(16)23/h9-12,16,22-23,26,32H,13-15H2,1-8H3,(H,33,34)/b12-11+/t16-,22-,23+,26+,29+,30-,31-/m1/s1. The number of aliphatic hydroxyl groups is 1. The van der Waals surface area contributed by atoms with Crippen LogP contribution in [-0.4, -0.2) is 34.0 Å². The number of hydrogen-bond donors (Lipinski definition) is 2. The number of benzene rings is 1. The number of carboxylic acid groups (broad SMARTS) is 1. The van der Waals surface area contributed by atoms with E-state index in [1.165, 1.54) is 6.08 Å². The smallest absolute Gasteiger partial charge is 0.336 e. The normalized spacial score (nSPS) is 39.1. The average Bonchev–Trinajstić information content (AvgIpc) is 3.14. The quantitative estimate of drug-likeness (QED) is 0.405. The third kappa shape index (κ3) is 3.44. The van der Waals surface area contributed by atoms with Crippen molar-refractivity contribution in [3.8, 4) is 0 Å². The number of aliphatic hydroxyl groups excluding tert-OH is 1. The lowest BCUT2D eigenvalue weighted by molar-refractivity contribution is -0.263. The van der Waals surface area contributed by atoms with Gasteiger partial charge in [0.25, 0.3) is 0 Å². The fourth-order valence-electron chi connectivity index (χ4n) is 8.53. The maximum atomic E-state index is 12.4. The van der Waals surface area contributed by atoms with Crippen LogP contribution >= 0.6 is 0 Å². The number of ether oxygens (including phenoxy) is 2. The van der Waals surface area contributed by atoms with E-state index in [-0.39, 0.29) is 34.7 Å². The third-order valence-corrected chi connectivity index (χ3v) is 10.6. The van der Waals surface area contributed by atoms with Crippen LogP contribution in [0.25, 0.3) is 0 Å². The van der Waals surface area contributed by atoms with E-state index in [1.54, 1.807) is 6.08 Å². The van der Waals surface area contributed by atoms with E-state index in [1.807, 2.05) is 34.6 Å². The highest BCUT2D eigenvalue weighted by Gasteiger charge is 2.68. The molecule has 1 aromatic rings. The summed E-state index contributed by atoms with van der Waals surface area (Å²) in [5, 5.41) is 20.8. The molecule has 2 aliphatic heterocycles. The van der Waals surface area contributed by atoms with Crippen LogP contribution in [0.2, 0.25) is 0 Å². The highest BCUT2D eigenvalue weighted by molar-refractivity contribution is 5.92. The summed E-state index contributed by atoms with van der Waals surface area (Å²) in [6.07, 6.45) is 4.22. The van der Waals surface area contributed by atoms with Crippen molar-refractivity contribution in [1.82, 2.24) is 0 Å². The molecule has 0 bridgehead atoms. The van der Waals surface area contributed by atoms with Crippen molar-refractivity contribution < 1.29 is 29.3 Å². The SMILES string of the molecule is CC1=C(C)[C@@]2(C[C@@H](C)[C@H]3[C@H](C[C@@]4(C)c5ccc(C(C)(C)/C=C/C(=O)O)c(C)c5[C@H](O)C[C@]34C)O2)OC1=O. The van der Waals surface area contributed by atoms with Crippen LogP contribution < -0.4 is 0 Å². The Morgan fingerprint density at radius 1 is 1.14 bits per heavy atom. The second kappa shape index (κ2) is 8.03. The van der Waals surface area contributed by atoms with Gasteiger partial charge < -0.3 is 19.7 Å². The Balaban J connectivity index is 1.59. The summed E-state index contributed by atoms with van der Waals surface area (Å²) in [6, 6.07) is 4.25. The average molecular weight is 509 g/mol. The lowest BCUT2D eigenvalue weighted by Crippen LogP contribution is -2.53. The van der Waals surface area contributed by atoms with Gasteiger partial charge in [-0.3, -0.25) is 0 Å². The molecule has 2 aliphatic carbocycles. The largest absolute Gasteiger partial charge is 0.478 e. The number of carboxylic acids is 1. The van der Waals surface area contributed by atoms with E-state index < -0.39 is 23.3 Å². The third-order valence-electron chi connectivity index (χ3n) is 10.6. The molecule has 6 heteroatoms. The number of carbonyl (C=O) groups is 2. The van der Waals surface area contributed by atoms with Gasteiger partial charge in [-0.1, -0.05) is 52.8 Å². The number of aliphatic carboxylic acids is 1. The molecule has 1 aromatic carbocycles. The molecule has 1 saturated heterocycles. The summed E-state index contributed by atoms with van der Waals surface area (Å²) in [7, 11) is 0. The fraction of sp³-hybridized carbons (Fsp3) is 0.613. The fourth-order valence-corrected chi connectivity index (χ4v) is 8.53. The van der Waals surface area contributed by atoms with Crippen LogP contribution in [-0.2, 0) is 29.9 Å². The Morgan fingerprint density at radius 3 is 2.41 bits per heavy atom. The van der Waals surface area contributed by atoms with Crippen molar-refractivity contribution in [2.24, 2.45) is 17.3 Å². The Bertz CT molecular complexity index is 1260. The van der Waals surface area contributed by atoms with Gasteiger partial charge in [0.15, 0.2) is 0 Å². The summed E-state index contributed by atoms with van der Waals surface area (Å²) in [5.74, 6) is -1.79. The first-order chi connectivity index (χ1) is 17.1. The maximum Gasteiger partial charge on any atom is 0.336 e. The van der Waals surface area contributed by atoms with Crippen LogP contribution in [0.5, 0.6) is 0 Å². The molecule has 2 heterocycles. The molecular weight excluding hydrogens is 468 g/mol. The molecule has 4 aliphatic rings. The zero-order valence-electron chi connectivity index (χ0n) is 23.3. The predicted octanol–water partition coefficient (Wildman–Crippen LogP) is 5.65. The zero-order chi connectivity index (χ0) is 27.3. The van der Waals surface area contributed by atoms with Gasteiger partial charge >= 0.3 is 11.9 Å². The van der Waals surface area contributed by atoms with Crippen LogP contribution in [0.3, 0.4) is 0 Å². The second-order valence-corrected chi connectivity index (χ2v) is 13.0. The number of hydrogen-bond acceptors (Lipinski definition) is 5. The van der Waals surface area contributed by atoms with E-state index in [2.05, 4.69) is 32.9 Å². The zero-order valence-corrected chi connectivity index (χ0v) is 23.3. The molecule has 1 spiro atoms. The number of carbonyl (C=O) groups excluding carboxylic acids is 1. The molecule has 0 unspecified atom stereocenters. The monoisotopic (exact) mass is 508 g/mol. The van der Waals surface area contributed by atoms with Gasteiger partial charge in [0.2, 0.25) is 5.79 Å². The minimum absolute atomic E-state index is 0.0968. The van der Waals surface area contributed by atoms with Gasteiger partial charge in [-0.15, -0.1) is 0 Å². The Labute approximate surface area is 219 Å². The van der Waals surface area contributed by atoms with Crippen LogP contribution in [0, 0.1) is 24.2 Å². The Morgan fingerprint density at radius 2 is 1.81 bits per heavy atom. The van der Waals surface area contributed by atoms with Gasteiger partial charge in [0.1, 0.15) is 0 Å². The van der Waals surface area contributed by atoms with Gasteiger partial charge in [-0.2, -0.15) is 0 Å². The molecule has 1 saturated carbocycles. The Hall–Kier alpha value is -2.44. The minimum Gasteiger partial charge on any atom is -0.478 e. The van der Waals surface area contributed by atoms with E-state index in [9.17, 15) is 14.7 Å². The molecule has 7 atom stereocenters. The second-order valence-electron chi connectivity index (χ2n) is 13.0. The molecule has 0 radical (unpaired) electrons. The maximum absolute atomic E-state index is 12.4. The molecule has 6 nitrogen and oxygen atoms in total. The highest BCUT2D eigenvalue weighted by atomic mass is 16.7. The lowest BCUT2D eigenvalue weighted by atomic mass is 9.52. The van der Waals surface area contributed by atoms with Gasteiger partial charge in [-0.05, 0) is 73.1 Å². The molecule has 200 valence electrons. The van der Waals surface area contributed by atoms with Gasteiger partial charge in [0, 0.05) is 34.5 Å². The van der Waals surface area contributed by atoms with Crippen molar-refractivity contribution in [2.45, 2.75) is 103 Å². The molecule has 2 fully saturated rings. The minimum atomic E-state index is -0.982. The van der Waals surface area contributed by atoms with Crippen molar-refractivity contribution in [1.29, 1.82) is 0 Å². The summed E-state index contributed by atoms with van der Waals surface area (Å²) in [6.45, 7) is 16.7. The number of esters is 1. The summed E-state index contributed by atoms with van der Waals surface area (Å²) in [4.78, 5) is 23.6. The number of fused-ring (bicyclic) bond motifs is 5. The van der Waals surface area contributed by atoms with Crippen LogP contribution in [0.1, 0.15) is 96.1 Å². The summed E-state index contributed by atoms with van der Waals surface area (Å²) < 4.78 is 12.7. The van der Waals surface area contributed by atoms with Crippen molar-refractivity contribution in [2.75, 3.05) is 0 Å². The first kappa shape index (κ1) is 26.2. The topological polar surface area (TPSA) is 93.1 Å². The van der Waals surface area contributed by atoms with Crippen molar-refractivity contribution in [3.05, 3.63) is 57.7 Å². The van der Waals surface area contributed by atoms with E-state index >= 15 is 0 Å². The number of rotatable bonds is 3. The Kier molecular flexibility index (Phi) is 5.68. The van der Waals surface area contributed by atoms with E-state index in [0.29, 0.717) is 18.4 Å². The highest BCUT2D eigenvalue weighted by Crippen LogP contribution is 2.69. The van der Waals surface area contributed by atoms with E-state index in [0.717, 1.165) is 34.2 Å². The van der Waals surface area contributed by atoms with Crippen LogP contribution in [0.4, 0.5) is 0 Å². The molecular formula is C31H40O6. The lowest BCUT2D eigenvalue weighted by Gasteiger charge is -2.54.